The first kappa shape index (κ1) is 18.7. The van der Waals surface area contributed by atoms with Crippen molar-refractivity contribution in [1.29, 1.82) is 0 Å². The molecule has 1 atom stereocenters. The molecule has 1 amide bonds. The van der Waals surface area contributed by atoms with Crippen LogP contribution in [-0.4, -0.2) is 15.5 Å². The maximum Gasteiger partial charge on any atom is 0.224 e. The van der Waals surface area contributed by atoms with Gasteiger partial charge in [-0.1, -0.05) is 66.7 Å². The van der Waals surface area contributed by atoms with Gasteiger partial charge in [0.2, 0.25) is 5.91 Å². The van der Waals surface area contributed by atoms with E-state index in [4.69, 9.17) is 0 Å². The Hall–Kier alpha value is -3.66. The highest BCUT2D eigenvalue weighted by molar-refractivity contribution is 5.79. The van der Waals surface area contributed by atoms with Gasteiger partial charge in [0.25, 0.3) is 0 Å². The summed E-state index contributed by atoms with van der Waals surface area (Å²) in [7, 11) is 0. The van der Waals surface area contributed by atoms with E-state index in [9.17, 15) is 4.79 Å². The molecule has 0 bridgehead atoms. The van der Waals surface area contributed by atoms with E-state index in [1.165, 1.54) is 5.56 Å². The van der Waals surface area contributed by atoms with E-state index in [0.29, 0.717) is 6.42 Å². The molecule has 0 aliphatic rings. The monoisotopic (exact) mass is 381 g/mol. The summed E-state index contributed by atoms with van der Waals surface area (Å²) in [5.41, 5.74) is 5.45. The van der Waals surface area contributed by atoms with Crippen molar-refractivity contribution in [2.24, 2.45) is 0 Å². The first-order valence-corrected chi connectivity index (χ1v) is 9.71. The predicted molar refractivity (Wildman–Crippen MR) is 116 cm³/mol. The Morgan fingerprint density at radius 3 is 2.28 bits per heavy atom. The molecule has 0 aliphatic carbocycles. The molecule has 0 fully saturated rings. The van der Waals surface area contributed by atoms with Crippen LogP contribution in [0.15, 0.2) is 97.6 Å². The number of carbonyl (C=O) groups excluding carboxylic acids is 1. The van der Waals surface area contributed by atoms with Gasteiger partial charge in [-0.05, 0) is 41.3 Å². The molecule has 0 spiro atoms. The van der Waals surface area contributed by atoms with Gasteiger partial charge >= 0.3 is 0 Å². The molecule has 1 unspecified atom stereocenters. The molecule has 0 saturated heterocycles. The SMILES string of the molecule is CC(NC(=O)Cc1ccc(-c2ccccc2)cc1)c1ccc(-n2ccnc2)cc1. The summed E-state index contributed by atoms with van der Waals surface area (Å²) >= 11 is 0. The molecule has 3 aromatic carbocycles. The van der Waals surface area contributed by atoms with Crippen molar-refractivity contribution >= 4 is 5.91 Å². The van der Waals surface area contributed by atoms with Crippen molar-refractivity contribution in [2.75, 3.05) is 0 Å². The van der Waals surface area contributed by atoms with E-state index in [1.54, 1.807) is 12.5 Å². The molecule has 4 rings (SSSR count). The van der Waals surface area contributed by atoms with Crippen LogP contribution in [0.25, 0.3) is 16.8 Å². The van der Waals surface area contributed by atoms with Gasteiger partial charge in [-0.2, -0.15) is 0 Å². The van der Waals surface area contributed by atoms with Crippen LogP contribution >= 0.6 is 0 Å². The van der Waals surface area contributed by atoms with Crippen LogP contribution in [0.3, 0.4) is 0 Å². The van der Waals surface area contributed by atoms with E-state index < -0.39 is 0 Å². The molecular formula is C25H23N3O. The normalized spacial score (nSPS) is 11.8. The summed E-state index contributed by atoms with van der Waals surface area (Å²) in [5.74, 6) is 0.0173. The van der Waals surface area contributed by atoms with Gasteiger partial charge in [0, 0.05) is 18.1 Å². The summed E-state index contributed by atoms with van der Waals surface area (Å²) in [4.78, 5) is 16.5. The number of rotatable bonds is 6. The Balaban J connectivity index is 1.35. The van der Waals surface area contributed by atoms with Crippen molar-refractivity contribution in [2.45, 2.75) is 19.4 Å². The molecule has 0 radical (unpaired) electrons. The summed E-state index contributed by atoms with van der Waals surface area (Å²) in [5, 5.41) is 3.09. The smallest absolute Gasteiger partial charge is 0.224 e. The lowest BCUT2D eigenvalue weighted by Crippen LogP contribution is -2.28. The summed E-state index contributed by atoms with van der Waals surface area (Å²) < 4.78 is 1.95. The maximum absolute atomic E-state index is 12.5. The minimum Gasteiger partial charge on any atom is -0.349 e. The Kier molecular flexibility index (Phi) is 5.52. The Morgan fingerprint density at radius 1 is 0.931 bits per heavy atom. The largest absolute Gasteiger partial charge is 0.349 e. The number of carbonyl (C=O) groups is 1. The molecule has 4 nitrogen and oxygen atoms in total. The van der Waals surface area contributed by atoms with Crippen LogP contribution in [-0.2, 0) is 11.2 Å². The van der Waals surface area contributed by atoms with Gasteiger partial charge in [0.1, 0.15) is 0 Å². The van der Waals surface area contributed by atoms with Crippen LogP contribution in [0.2, 0.25) is 0 Å². The zero-order chi connectivity index (χ0) is 20.1. The molecule has 29 heavy (non-hydrogen) atoms. The summed E-state index contributed by atoms with van der Waals surface area (Å²) in [6, 6.07) is 26.5. The average molecular weight is 381 g/mol. The molecule has 1 heterocycles. The van der Waals surface area contributed by atoms with Crippen molar-refractivity contribution in [3.05, 3.63) is 109 Å². The first-order chi connectivity index (χ1) is 14.2. The van der Waals surface area contributed by atoms with Crippen molar-refractivity contribution in [1.82, 2.24) is 14.9 Å². The molecule has 144 valence electrons. The highest BCUT2D eigenvalue weighted by Crippen LogP contribution is 2.20. The Labute approximate surface area is 170 Å². The van der Waals surface area contributed by atoms with Crippen LogP contribution in [0.1, 0.15) is 24.1 Å². The van der Waals surface area contributed by atoms with Crippen LogP contribution in [0.5, 0.6) is 0 Å². The summed E-state index contributed by atoms with van der Waals surface area (Å²) in [6.45, 7) is 2.00. The quantitative estimate of drug-likeness (QED) is 0.513. The second-order valence-electron chi connectivity index (χ2n) is 7.09. The topological polar surface area (TPSA) is 46.9 Å². The maximum atomic E-state index is 12.5. The van der Waals surface area contributed by atoms with Gasteiger partial charge < -0.3 is 9.88 Å². The predicted octanol–water partition coefficient (Wildman–Crippen LogP) is 4.96. The van der Waals surface area contributed by atoms with E-state index >= 15 is 0 Å². The van der Waals surface area contributed by atoms with E-state index in [2.05, 4.69) is 34.6 Å². The van der Waals surface area contributed by atoms with Crippen LogP contribution in [0, 0.1) is 0 Å². The lowest BCUT2D eigenvalue weighted by molar-refractivity contribution is -0.121. The van der Waals surface area contributed by atoms with Gasteiger partial charge in [0.05, 0.1) is 18.8 Å². The highest BCUT2D eigenvalue weighted by Gasteiger charge is 2.11. The fraction of sp³-hybridized carbons (Fsp3) is 0.120. The molecule has 4 heteroatoms. The fourth-order valence-electron chi connectivity index (χ4n) is 3.35. The van der Waals surface area contributed by atoms with Crippen LogP contribution < -0.4 is 5.32 Å². The highest BCUT2D eigenvalue weighted by atomic mass is 16.1. The number of imidazole rings is 1. The number of nitrogens with zero attached hydrogens (tertiary/aromatic N) is 2. The third-order valence-electron chi connectivity index (χ3n) is 5.00. The van der Waals surface area contributed by atoms with Gasteiger partial charge in [0.15, 0.2) is 0 Å². The number of benzene rings is 3. The van der Waals surface area contributed by atoms with Crippen molar-refractivity contribution in [3.63, 3.8) is 0 Å². The number of aromatic nitrogens is 2. The van der Waals surface area contributed by atoms with Crippen LogP contribution in [0.4, 0.5) is 0 Å². The second-order valence-corrected chi connectivity index (χ2v) is 7.09. The Bertz CT molecular complexity index is 1050. The van der Waals surface area contributed by atoms with E-state index in [0.717, 1.165) is 22.4 Å². The standard InChI is InChI=1S/C25H23N3O/c1-19(21-11-13-24(14-12-21)28-16-15-26-18-28)27-25(29)17-20-7-9-23(10-8-20)22-5-3-2-4-6-22/h2-16,18-19H,17H2,1H3,(H,27,29). The number of amides is 1. The number of nitrogens with one attached hydrogen (secondary N) is 1. The third-order valence-corrected chi connectivity index (χ3v) is 5.00. The van der Waals surface area contributed by atoms with Gasteiger partial charge in [-0.3, -0.25) is 4.79 Å². The lowest BCUT2D eigenvalue weighted by atomic mass is 10.0. The molecule has 1 N–H and O–H groups in total. The van der Waals surface area contributed by atoms with Crippen molar-refractivity contribution < 1.29 is 4.79 Å². The van der Waals surface area contributed by atoms with Crippen molar-refractivity contribution in [3.8, 4) is 16.8 Å². The number of hydrogen-bond donors (Lipinski definition) is 1. The first-order valence-electron chi connectivity index (χ1n) is 9.71. The fourth-order valence-corrected chi connectivity index (χ4v) is 3.35. The lowest BCUT2D eigenvalue weighted by Gasteiger charge is -2.15. The van der Waals surface area contributed by atoms with Gasteiger partial charge in [-0.15, -0.1) is 0 Å². The molecule has 0 saturated carbocycles. The zero-order valence-electron chi connectivity index (χ0n) is 16.3. The molecule has 1 aromatic heterocycles. The minimum atomic E-state index is -0.0528. The zero-order valence-corrected chi connectivity index (χ0v) is 16.3. The molecular weight excluding hydrogens is 358 g/mol. The minimum absolute atomic E-state index is 0.0173. The van der Waals surface area contributed by atoms with E-state index in [-0.39, 0.29) is 11.9 Å². The average Bonchev–Trinajstić information content (AvgIpc) is 3.30. The number of hydrogen-bond acceptors (Lipinski definition) is 2. The van der Waals surface area contributed by atoms with Gasteiger partial charge in [-0.25, -0.2) is 4.98 Å². The molecule has 4 aromatic rings. The Morgan fingerprint density at radius 2 is 1.62 bits per heavy atom. The van der Waals surface area contributed by atoms with E-state index in [1.807, 2.05) is 72.3 Å². The summed E-state index contributed by atoms with van der Waals surface area (Å²) in [6.07, 6.45) is 5.79. The molecule has 0 aliphatic heterocycles. The second kappa shape index (κ2) is 8.57. The third kappa shape index (κ3) is 4.61.